The van der Waals surface area contributed by atoms with Gasteiger partial charge in [0.15, 0.2) is 0 Å². The molecule has 0 bridgehead atoms. The van der Waals surface area contributed by atoms with Gasteiger partial charge in [0.25, 0.3) is 0 Å². The van der Waals surface area contributed by atoms with Gasteiger partial charge in [0.05, 0.1) is 0 Å². The molecule has 2 atom stereocenters. The van der Waals surface area contributed by atoms with E-state index in [4.69, 9.17) is 5.73 Å². The first kappa shape index (κ1) is 17.5. The zero-order chi connectivity index (χ0) is 14.8. The fourth-order valence-corrected chi connectivity index (χ4v) is 3.15. The predicted molar refractivity (Wildman–Crippen MR) is 85.5 cm³/mol. The van der Waals surface area contributed by atoms with Crippen molar-refractivity contribution >= 4 is 5.91 Å². The van der Waals surface area contributed by atoms with Crippen LogP contribution in [0.15, 0.2) is 0 Å². The van der Waals surface area contributed by atoms with Crippen LogP contribution in [0.4, 0.5) is 0 Å². The largest absolute Gasteiger partial charge is 0.342 e. The molecule has 1 unspecified atom stereocenters. The van der Waals surface area contributed by atoms with E-state index in [1.165, 1.54) is 44.9 Å². The lowest BCUT2D eigenvalue weighted by Crippen LogP contribution is -2.31. The average molecular weight is 282 g/mol. The zero-order valence-corrected chi connectivity index (χ0v) is 13.6. The highest BCUT2D eigenvalue weighted by molar-refractivity contribution is 5.76. The van der Waals surface area contributed by atoms with Gasteiger partial charge in [0.1, 0.15) is 0 Å². The summed E-state index contributed by atoms with van der Waals surface area (Å²) >= 11 is 0. The Morgan fingerprint density at radius 3 is 2.50 bits per heavy atom. The van der Waals surface area contributed by atoms with Gasteiger partial charge < -0.3 is 10.6 Å². The fourth-order valence-electron chi connectivity index (χ4n) is 3.15. The fraction of sp³-hybridized carbons (Fsp3) is 0.941. The van der Waals surface area contributed by atoms with Crippen molar-refractivity contribution in [1.29, 1.82) is 0 Å². The second-order valence-electron chi connectivity index (χ2n) is 6.44. The van der Waals surface area contributed by atoms with E-state index in [0.29, 0.717) is 17.7 Å². The van der Waals surface area contributed by atoms with Crippen molar-refractivity contribution < 1.29 is 4.79 Å². The van der Waals surface area contributed by atoms with Gasteiger partial charge in [-0.15, -0.1) is 0 Å². The summed E-state index contributed by atoms with van der Waals surface area (Å²) in [4.78, 5) is 14.5. The smallest absolute Gasteiger partial charge is 0.222 e. The van der Waals surface area contributed by atoms with Crippen molar-refractivity contribution in [2.45, 2.75) is 71.6 Å². The Morgan fingerprint density at radius 2 is 1.90 bits per heavy atom. The maximum atomic E-state index is 12.4. The Balaban J connectivity index is 2.36. The summed E-state index contributed by atoms with van der Waals surface area (Å²) in [5.41, 5.74) is 5.71. The monoisotopic (exact) mass is 282 g/mol. The lowest BCUT2D eigenvalue weighted by atomic mass is 9.92. The molecule has 0 aromatic rings. The highest BCUT2D eigenvalue weighted by Crippen LogP contribution is 2.23. The summed E-state index contributed by atoms with van der Waals surface area (Å²) < 4.78 is 0. The first-order valence-electron chi connectivity index (χ1n) is 8.69. The van der Waals surface area contributed by atoms with Gasteiger partial charge in [0.2, 0.25) is 5.91 Å². The zero-order valence-electron chi connectivity index (χ0n) is 13.6. The Labute approximate surface area is 125 Å². The number of carbonyl (C=O) groups excluding carboxylic acids is 1. The average Bonchev–Trinajstić information content (AvgIpc) is 2.93. The van der Waals surface area contributed by atoms with Gasteiger partial charge in [-0.25, -0.2) is 0 Å². The van der Waals surface area contributed by atoms with Crippen molar-refractivity contribution in [3.63, 3.8) is 0 Å². The molecule has 0 spiro atoms. The lowest BCUT2D eigenvalue weighted by Gasteiger charge is -2.21. The third-order valence-corrected chi connectivity index (χ3v) is 4.62. The first-order valence-corrected chi connectivity index (χ1v) is 8.69. The third-order valence-electron chi connectivity index (χ3n) is 4.62. The van der Waals surface area contributed by atoms with Gasteiger partial charge >= 0.3 is 0 Å². The van der Waals surface area contributed by atoms with Gasteiger partial charge in [-0.3, -0.25) is 4.79 Å². The molecule has 0 radical (unpaired) electrons. The number of nitrogens with zero attached hydrogens (tertiary/aromatic N) is 1. The van der Waals surface area contributed by atoms with Gasteiger partial charge in [0, 0.05) is 19.5 Å². The summed E-state index contributed by atoms with van der Waals surface area (Å²) in [5.74, 6) is 1.51. The third kappa shape index (κ3) is 6.25. The highest BCUT2D eigenvalue weighted by atomic mass is 16.2. The van der Waals surface area contributed by atoms with Gasteiger partial charge in [-0.1, -0.05) is 46.0 Å². The van der Waals surface area contributed by atoms with Crippen LogP contribution in [-0.2, 0) is 4.79 Å². The number of nitrogens with two attached hydrogens (primary N) is 1. The van der Waals surface area contributed by atoms with E-state index in [0.717, 1.165) is 32.5 Å². The minimum Gasteiger partial charge on any atom is -0.342 e. The SMILES string of the molecule is CCCCCC(CCCC)CC(=O)N1CC[C@H](CN)C1. The molecule has 3 nitrogen and oxygen atoms in total. The molecule has 0 aromatic heterocycles. The summed E-state index contributed by atoms with van der Waals surface area (Å²) in [7, 11) is 0. The second-order valence-corrected chi connectivity index (χ2v) is 6.44. The molecule has 118 valence electrons. The van der Waals surface area contributed by atoms with Crippen LogP contribution in [0.25, 0.3) is 0 Å². The summed E-state index contributed by atoms with van der Waals surface area (Å²) in [6, 6.07) is 0. The van der Waals surface area contributed by atoms with Crippen LogP contribution in [0.2, 0.25) is 0 Å². The van der Waals surface area contributed by atoms with E-state index in [1.807, 2.05) is 0 Å². The Bertz CT molecular complexity index is 268. The van der Waals surface area contributed by atoms with Crippen molar-refractivity contribution in [1.82, 2.24) is 4.90 Å². The first-order chi connectivity index (χ1) is 9.71. The standard InChI is InChI=1S/C17H34N2O/c1-3-5-7-9-15(8-6-4-2)12-17(20)19-11-10-16(13-18)14-19/h15-16H,3-14,18H2,1-2H3/t15?,16-/m1/s1. The molecule has 20 heavy (non-hydrogen) atoms. The molecule has 1 fully saturated rings. The number of likely N-dealkylation sites (tertiary alicyclic amines) is 1. The minimum absolute atomic E-state index is 0.374. The quantitative estimate of drug-likeness (QED) is 0.623. The molecular formula is C17H34N2O. The molecule has 3 heteroatoms. The number of unbranched alkanes of at least 4 members (excludes halogenated alkanes) is 3. The van der Waals surface area contributed by atoms with Crippen molar-refractivity contribution in [3.8, 4) is 0 Å². The molecule has 1 saturated heterocycles. The molecule has 0 aliphatic carbocycles. The molecule has 1 heterocycles. The topological polar surface area (TPSA) is 46.3 Å². The van der Waals surface area contributed by atoms with Gasteiger partial charge in [-0.05, 0) is 37.6 Å². The Kier molecular flexibility index (Phi) is 8.92. The number of amides is 1. The molecule has 0 aromatic carbocycles. The molecule has 0 saturated carbocycles. The number of hydrogen-bond acceptors (Lipinski definition) is 2. The number of hydrogen-bond donors (Lipinski definition) is 1. The maximum absolute atomic E-state index is 12.4. The number of rotatable bonds is 10. The molecule has 2 N–H and O–H groups in total. The summed E-state index contributed by atoms with van der Waals surface area (Å²) in [6.07, 6.45) is 10.7. The van der Waals surface area contributed by atoms with Gasteiger partial charge in [-0.2, -0.15) is 0 Å². The Hall–Kier alpha value is -0.570. The van der Waals surface area contributed by atoms with Crippen molar-refractivity contribution in [2.24, 2.45) is 17.6 Å². The van der Waals surface area contributed by atoms with E-state index in [2.05, 4.69) is 18.7 Å². The second kappa shape index (κ2) is 10.2. The summed E-state index contributed by atoms with van der Waals surface area (Å²) in [6.45, 7) is 7.02. The predicted octanol–water partition coefficient (Wildman–Crippen LogP) is 3.57. The van der Waals surface area contributed by atoms with Crippen molar-refractivity contribution in [2.75, 3.05) is 19.6 Å². The molecule has 1 amide bonds. The highest BCUT2D eigenvalue weighted by Gasteiger charge is 2.26. The van der Waals surface area contributed by atoms with Crippen LogP contribution in [-0.4, -0.2) is 30.4 Å². The van der Waals surface area contributed by atoms with E-state index in [1.54, 1.807) is 0 Å². The normalized spacial score (nSPS) is 20.4. The molecule has 1 aliphatic rings. The van der Waals surface area contributed by atoms with E-state index in [-0.39, 0.29) is 0 Å². The Morgan fingerprint density at radius 1 is 1.20 bits per heavy atom. The van der Waals surface area contributed by atoms with Crippen LogP contribution < -0.4 is 5.73 Å². The van der Waals surface area contributed by atoms with Crippen LogP contribution in [0.1, 0.15) is 71.6 Å². The number of carbonyl (C=O) groups is 1. The lowest BCUT2D eigenvalue weighted by molar-refractivity contribution is -0.131. The van der Waals surface area contributed by atoms with E-state index >= 15 is 0 Å². The van der Waals surface area contributed by atoms with Crippen LogP contribution in [0.3, 0.4) is 0 Å². The van der Waals surface area contributed by atoms with Crippen LogP contribution >= 0.6 is 0 Å². The maximum Gasteiger partial charge on any atom is 0.222 e. The molecule has 1 rings (SSSR count). The summed E-state index contributed by atoms with van der Waals surface area (Å²) in [5, 5.41) is 0. The van der Waals surface area contributed by atoms with Crippen LogP contribution in [0.5, 0.6) is 0 Å². The van der Waals surface area contributed by atoms with Crippen LogP contribution in [0, 0.1) is 11.8 Å². The van der Waals surface area contributed by atoms with Crippen molar-refractivity contribution in [3.05, 3.63) is 0 Å². The van der Waals surface area contributed by atoms with E-state index in [9.17, 15) is 4.79 Å². The minimum atomic E-state index is 0.374. The molecular weight excluding hydrogens is 248 g/mol. The van der Waals surface area contributed by atoms with E-state index < -0.39 is 0 Å². The molecule has 1 aliphatic heterocycles.